The fraction of sp³-hybridized carbons (Fsp3) is 0.909. The molecular weight excluding hydrogens is 389 g/mol. The van der Waals surface area contributed by atoms with Crippen LogP contribution in [0, 0.1) is 0 Å². The van der Waals surface area contributed by atoms with Crippen LogP contribution in [0.3, 0.4) is 0 Å². The zero-order valence-electron chi connectivity index (χ0n) is 11.8. The van der Waals surface area contributed by atoms with Gasteiger partial charge in [0.25, 0.3) is 0 Å². The molecule has 0 saturated heterocycles. The van der Waals surface area contributed by atoms with Gasteiger partial charge in [-0.25, -0.2) is 4.79 Å². The second kappa shape index (κ2) is 6.43. The van der Waals surface area contributed by atoms with Crippen molar-refractivity contribution in [1.82, 2.24) is 0 Å². The minimum Gasteiger partial charge on any atom is -0.458 e. The third-order valence-electron chi connectivity index (χ3n) is 3.19. The molecule has 0 aromatic rings. The van der Waals surface area contributed by atoms with Crippen molar-refractivity contribution in [3.05, 3.63) is 0 Å². The van der Waals surface area contributed by atoms with Gasteiger partial charge in [0.05, 0.1) is 0 Å². The molecule has 1 saturated carbocycles. The fourth-order valence-corrected chi connectivity index (χ4v) is 1.85. The third-order valence-corrected chi connectivity index (χ3v) is 3.19. The van der Waals surface area contributed by atoms with Gasteiger partial charge in [0.1, 0.15) is 6.10 Å². The van der Waals surface area contributed by atoms with E-state index in [1.54, 1.807) is 0 Å². The number of rotatable bonds is 5. The highest BCUT2D eigenvalue weighted by molar-refractivity contribution is 5.79. The summed E-state index contributed by atoms with van der Waals surface area (Å²) in [6.07, 6.45) is -21.7. The van der Waals surface area contributed by atoms with Crippen LogP contribution in [0.4, 0.5) is 48.3 Å². The number of ether oxygens (including phenoxy) is 2. The second-order valence-electron chi connectivity index (χ2n) is 5.10. The summed E-state index contributed by atoms with van der Waals surface area (Å²) in [6.45, 7) is 0. The van der Waals surface area contributed by atoms with E-state index < -0.39 is 42.3 Å². The van der Waals surface area contributed by atoms with Gasteiger partial charge in [0.15, 0.2) is 0 Å². The van der Waals surface area contributed by atoms with Crippen molar-refractivity contribution in [2.45, 2.75) is 62.0 Å². The summed E-state index contributed by atoms with van der Waals surface area (Å²) in [5.41, 5.74) is 0. The Labute approximate surface area is 132 Å². The van der Waals surface area contributed by atoms with Gasteiger partial charge in [-0.1, -0.05) is 0 Å². The van der Waals surface area contributed by atoms with Crippen molar-refractivity contribution in [2.75, 3.05) is 0 Å². The molecule has 0 radical (unpaired) electrons. The zero-order valence-corrected chi connectivity index (χ0v) is 11.8. The smallest absolute Gasteiger partial charge is 0.458 e. The standard InChI is InChI=1S/C11H9F11O3/c12-7(9(15,16)17,6(23)24-5-3-1-2-4-5)25-11(21,22)8(13,14)10(18,19)20/h5H,1-4H2. The van der Waals surface area contributed by atoms with E-state index in [1.807, 2.05) is 0 Å². The van der Waals surface area contributed by atoms with Crippen LogP contribution in [0.25, 0.3) is 0 Å². The Kier molecular flexibility index (Phi) is 5.58. The molecule has 0 aromatic heterocycles. The van der Waals surface area contributed by atoms with Crippen LogP contribution in [0.2, 0.25) is 0 Å². The lowest BCUT2D eigenvalue weighted by Gasteiger charge is -2.34. The number of hydrogen-bond donors (Lipinski definition) is 0. The summed E-state index contributed by atoms with van der Waals surface area (Å²) >= 11 is 0. The highest BCUT2D eigenvalue weighted by Crippen LogP contribution is 2.51. The molecule has 0 bridgehead atoms. The van der Waals surface area contributed by atoms with E-state index in [0.717, 1.165) is 0 Å². The van der Waals surface area contributed by atoms with Crippen molar-refractivity contribution in [3.8, 4) is 0 Å². The van der Waals surface area contributed by atoms with Gasteiger partial charge in [-0.2, -0.15) is 48.3 Å². The quantitative estimate of drug-likeness (QED) is 0.505. The Balaban J connectivity index is 3.16. The van der Waals surface area contributed by atoms with Gasteiger partial charge in [-0.05, 0) is 25.7 Å². The molecule has 1 aliphatic carbocycles. The normalized spacial score (nSPS) is 20.4. The van der Waals surface area contributed by atoms with Crippen molar-refractivity contribution < 1.29 is 62.6 Å². The molecule has 1 rings (SSSR count). The Morgan fingerprint density at radius 1 is 0.760 bits per heavy atom. The van der Waals surface area contributed by atoms with E-state index in [-0.39, 0.29) is 12.8 Å². The molecule has 1 unspecified atom stereocenters. The van der Waals surface area contributed by atoms with Gasteiger partial charge in [0, 0.05) is 0 Å². The molecule has 1 aliphatic rings. The van der Waals surface area contributed by atoms with Crippen LogP contribution in [0.1, 0.15) is 25.7 Å². The van der Waals surface area contributed by atoms with Crippen LogP contribution in [-0.4, -0.2) is 42.3 Å². The molecule has 0 amide bonds. The molecule has 0 heterocycles. The topological polar surface area (TPSA) is 35.5 Å². The Morgan fingerprint density at radius 2 is 1.20 bits per heavy atom. The van der Waals surface area contributed by atoms with Gasteiger partial charge < -0.3 is 4.74 Å². The van der Waals surface area contributed by atoms with E-state index >= 15 is 0 Å². The average molecular weight is 398 g/mol. The predicted octanol–water partition coefficient (Wildman–Crippen LogP) is 4.51. The van der Waals surface area contributed by atoms with Gasteiger partial charge in [0.2, 0.25) is 0 Å². The molecule has 1 fully saturated rings. The number of hydrogen-bond acceptors (Lipinski definition) is 3. The SMILES string of the molecule is O=C(OC1CCCC1)C(F)(OC(F)(F)C(F)(F)C(F)(F)F)C(F)(F)F. The second-order valence-corrected chi connectivity index (χ2v) is 5.10. The highest BCUT2D eigenvalue weighted by atomic mass is 19.4. The summed E-state index contributed by atoms with van der Waals surface area (Å²) < 4.78 is 144. The van der Waals surface area contributed by atoms with Gasteiger partial charge in [-0.15, -0.1) is 0 Å². The maximum absolute atomic E-state index is 13.8. The predicted molar refractivity (Wildman–Crippen MR) is 55.3 cm³/mol. The molecule has 148 valence electrons. The highest BCUT2D eigenvalue weighted by Gasteiger charge is 2.80. The lowest BCUT2D eigenvalue weighted by atomic mass is 10.2. The number of halogens is 11. The lowest BCUT2D eigenvalue weighted by molar-refractivity contribution is -0.475. The molecule has 0 N–H and O–H groups in total. The lowest BCUT2D eigenvalue weighted by Crippen LogP contribution is -2.62. The molecule has 14 heteroatoms. The number of alkyl halides is 11. The first-order valence-electron chi connectivity index (χ1n) is 6.45. The van der Waals surface area contributed by atoms with E-state index in [1.165, 1.54) is 0 Å². The van der Waals surface area contributed by atoms with E-state index in [0.29, 0.717) is 12.8 Å². The fourth-order valence-electron chi connectivity index (χ4n) is 1.85. The largest absolute Gasteiger partial charge is 0.462 e. The van der Waals surface area contributed by atoms with Crippen molar-refractivity contribution in [1.29, 1.82) is 0 Å². The van der Waals surface area contributed by atoms with E-state index in [4.69, 9.17) is 0 Å². The first-order chi connectivity index (χ1) is 11.0. The molecule has 0 spiro atoms. The summed E-state index contributed by atoms with van der Waals surface area (Å²) in [7, 11) is 0. The number of carbonyl (C=O) groups excluding carboxylic acids is 1. The van der Waals surface area contributed by atoms with Crippen LogP contribution in [-0.2, 0) is 14.3 Å². The Bertz CT molecular complexity index is 492. The number of carbonyl (C=O) groups is 1. The maximum Gasteiger partial charge on any atom is 0.462 e. The van der Waals surface area contributed by atoms with Crippen LogP contribution < -0.4 is 0 Å². The summed E-state index contributed by atoms with van der Waals surface area (Å²) in [4.78, 5) is 11.2. The Morgan fingerprint density at radius 3 is 1.56 bits per heavy atom. The molecule has 25 heavy (non-hydrogen) atoms. The first-order valence-corrected chi connectivity index (χ1v) is 6.45. The monoisotopic (exact) mass is 398 g/mol. The minimum absolute atomic E-state index is 0.0746. The summed E-state index contributed by atoms with van der Waals surface area (Å²) in [5, 5.41) is 0. The zero-order chi connectivity index (χ0) is 19.9. The van der Waals surface area contributed by atoms with Crippen LogP contribution in [0.5, 0.6) is 0 Å². The first kappa shape index (κ1) is 21.7. The average Bonchev–Trinajstić information content (AvgIpc) is 2.87. The Hall–Kier alpha value is -1.34. The van der Waals surface area contributed by atoms with Crippen LogP contribution >= 0.6 is 0 Å². The minimum atomic E-state index is -7.21. The van der Waals surface area contributed by atoms with Crippen molar-refractivity contribution >= 4 is 5.97 Å². The summed E-state index contributed by atoms with van der Waals surface area (Å²) in [6, 6.07) is 0. The van der Waals surface area contributed by atoms with Gasteiger partial charge in [-0.3, -0.25) is 4.74 Å². The number of esters is 1. The maximum atomic E-state index is 13.8. The van der Waals surface area contributed by atoms with Crippen molar-refractivity contribution in [2.24, 2.45) is 0 Å². The molecule has 0 aromatic carbocycles. The molecular formula is C11H9F11O3. The van der Waals surface area contributed by atoms with E-state index in [9.17, 15) is 53.1 Å². The van der Waals surface area contributed by atoms with Gasteiger partial charge >= 0.3 is 36.2 Å². The van der Waals surface area contributed by atoms with E-state index in [2.05, 4.69) is 9.47 Å². The van der Waals surface area contributed by atoms with Crippen molar-refractivity contribution in [3.63, 3.8) is 0 Å². The summed E-state index contributed by atoms with van der Waals surface area (Å²) in [5.74, 6) is -16.6. The third kappa shape index (κ3) is 4.08. The molecule has 0 aliphatic heterocycles. The molecule has 1 atom stereocenters. The molecule has 3 nitrogen and oxygen atoms in total. The van der Waals surface area contributed by atoms with Crippen LogP contribution in [0.15, 0.2) is 0 Å².